The van der Waals surface area contributed by atoms with Gasteiger partial charge in [0.2, 0.25) is 0 Å². The minimum absolute atomic E-state index is 0.794. The van der Waals surface area contributed by atoms with Gasteiger partial charge >= 0.3 is 0 Å². The molecule has 1 heterocycles. The molecule has 2 aromatic rings. The Kier molecular flexibility index (Phi) is 4.59. The molecular weight excluding hydrogens is 242 g/mol. The van der Waals surface area contributed by atoms with Crippen LogP contribution in [0.4, 0.5) is 5.82 Å². The fraction of sp³-hybridized carbons (Fsp3) is 0.286. The fourth-order valence-electron chi connectivity index (χ4n) is 1.60. The van der Waals surface area contributed by atoms with Gasteiger partial charge < -0.3 is 5.32 Å². The Balaban J connectivity index is 1.99. The smallest absolute Gasteiger partial charge is 0.140 e. The number of nitrogens with one attached hydrogen (secondary N) is 1. The molecule has 0 aliphatic rings. The molecule has 0 fully saturated rings. The summed E-state index contributed by atoms with van der Waals surface area (Å²) >= 11 is 1.76. The first-order chi connectivity index (χ1) is 8.78. The van der Waals surface area contributed by atoms with E-state index in [0.717, 1.165) is 23.9 Å². The molecule has 4 heteroatoms. The molecule has 1 aromatic carbocycles. The second-order valence-corrected chi connectivity index (χ2v) is 5.04. The maximum absolute atomic E-state index is 4.46. The Bertz CT molecular complexity index is 514. The SMILES string of the molecule is CCNc1ccnc(CSc2cccc(C)c2)n1. The third kappa shape index (κ3) is 3.74. The monoisotopic (exact) mass is 259 g/mol. The highest BCUT2D eigenvalue weighted by molar-refractivity contribution is 7.98. The van der Waals surface area contributed by atoms with Crippen LogP contribution in [0.2, 0.25) is 0 Å². The van der Waals surface area contributed by atoms with Crippen LogP contribution in [-0.2, 0) is 5.75 Å². The molecule has 18 heavy (non-hydrogen) atoms. The summed E-state index contributed by atoms with van der Waals surface area (Å²) in [5, 5.41) is 3.19. The average molecular weight is 259 g/mol. The second-order valence-electron chi connectivity index (χ2n) is 3.99. The van der Waals surface area contributed by atoms with Gasteiger partial charge in [-0.25, -0.2) is 9.97 Å². The number of hydrogen-bond acceptors (Lipinski definition) is 4. The highest BCUT2D eigenvalue weighted by atomic mass is 32.2. The average Bonchev–Trinajstić information content (AvgIpc) is 2.37. The first kappa shape index (κ1) is 12.9. The molecule has 0 saturated heterocycles. The molecule has 0 amide bonds. The van der Waals surface area contributed by atoms with E-state index in [1.165, 1.54) is 10.5 Å². The molecule has 3 nitrogen and oxygen atoms in total. The van der Waals surface area contributed by atoms with Gasteiger partial charge in [-0.15, -0.1) is 11.8 Å². The van der Waals surface area contributed by atoms with E-state index >= 15 is 0 Å². The number of hydrogen-bond donors (Lipinski definition) is 1. The number of thioether (sulfide) groups is 1. The molecular formula is C14H17N3S. The Morgan fingerprint density at radius 3 is 2.94 bits per heavy atom. The van der Waals surface area contributed by atoms with E-state index in [0.29, 0.717) is 0 Å². The standard InChI is InChI=1S/C14H17N3S/c1-3-15-13-7-8-16-14(17-13)10-18-12-6-4-5-11(2)9-12/h4-9H,3,10H2,1-2H3,(H,15,16,17). The first-order valence-electron chi connectivity index (χ1n) is 6.03. The van der Waals surface area contributed by atoms with Crippen LogP contribution in [0.3, 0.4) is 0 Å². The fourth-order valence-corrected chi connectivity index (χ4v) is 2.48. The van der Waals surface area contributed by atoms with E-state index in [4.69, 9.17) is 0 Å². The Labute approximate surface area is 112 Å². The zero-order valence-corrected chi connectivity index (χ0v) is 11.5. The van der Waals surface area contributed by atoms with Gasteiger partial charge in [0.15, 0.2) is 0 Å². The lowest BCUT2D eigenvalue weighted by Gasteiger charge is -2.05. The van der Waals surface area contributed by atoms with Crippen LogP contribution in [0.5, 0.6) is 0 Å². The number of nitrogens with zero attached hydrogens (tertiary/aromatic N) is 2. The van der Waals surface area contributed by atoms with Crippen LogP contribution in [0.1, 0.15) is 18.3 Å². The Morgan fingerprint density at radius 1 is 1.28 bits per heavy atom. The molecule has 1 aromatic heterocycles. The molecule has 0 saturated carbocycles. The lowest BCUT2D eigenvalue weighted by Crippen LogP contribution is -2.02. The van der Waals surface area contributed by atoms with Crippen LogP contribution in [-0.4, -0.2) is 16.5 Å². The van der Waals surface area contributed by atoms with Crippen molar-refractivity contribution in [3.63, 3.8) is 0 Å². The molecule has 0 unspecified atom stereocenters. The molecule has 0 aliphatic heterocycles. The summed E-state index contributed by atoms with van der Waals surface area (Å²) in [4.78, 5) is 10.0. The van der Waals surface area contributed by atoms with Gasteiger partial charge in [0.25, 0.3) is 0 Å². The zero-order valence-electron chi connectivity index (χ0n) is 10.7. The van der Waals surface area contributed by atoms with E-state index < -0.39 is 0 Å². The van der Waals surface area contributed by atoms with Crippen molar-refractivity contribution in [2.24, 2.45) is 0 Å². The van der Waals surface area contributed by atoms with Crippen molar-refractivity contribution in [1.29, 1.82) is 0 Å². The van der Waals surface area contributed by atoms with E-state index in [9.17, 15) is 0 Å². The van der Waals surface area contributed by atoms with Crippen LogP contribution in [0.25, 0.3) is 0 Å². The molecule has 0 radical (unpaired) electrons. The molecule has 0 aliphatic carbocycles. The molecule has 0 bridgehead atoms. The maximum Gasteiger partial charge on any atom is 0.140 e. The van der Waals surface area contributed by atoms with Crippen molar-refractivity contribution < 1.29 is 0 Å². The minimum Gasteiger partial charge on any atom is -0.370 e. The number of aryl methyl sites for hydroxylation is 1. The zero-order chi connectivity index (χ0) is 12.8. The predicted octanol–water partition coefficient (Wildman–Crippen LogP) is 3.51. The van der Waals surface area contributed by atoms with Gasteiger partial charge in [-0.1, -0.05) is 17.7 Å². The van der Waals surface area contributed by atoms with Gasteiger partial charge in [0.05, 0.1) is 5.75 Å². The molecule has 2 rings (SSSR count). The highest BCUT2D eigenvalue weighted by Gasteiger charge is 2.00. The van der Waals surface area contributed by atoms with Crippen molar-refractivity contribution in [3.05, 3.63) is 47.9 Å². The normalized spacial score (nSPS) is 10.3. The molecule has 94 valence electrons. The quantitative estimate of drug-likeness (QED) is 0.834. The molecule has 1 N–H and O–H groups in total. The van der Waals surface area contributed by atoms with Gasteiger partial charge in [-0.3, -0.25) is 0 Å². The van der Waals surface area contributed by atoms with Crippen molar-refractivity contribution >= 4 is 17.6 Å². The van der Waals surface area contributed by atoms with Crippen molar-refractivity contribution in [2.45, 2.75) is 24.5 Å². The third-order valence-corrected chi connectivity index (χ3v) is 3.41. The second kappa shape index (κ2) is 6.40. The highest BCUT2D eigenvalue weighted by Crippen LogP contribution is 2.22. The van der Waals surface area contributed by atoms with Crippen LogP contribution in [0, 0.1) is 6.92 Å². The van der Waals surface area contributed by atoms with Crippen molar-refractivity contribution in [1.82, 2.24) is 9.97 Å². The van der Waals surface area contributed by atoms with Gasteiger partial charge in [-0.05, 0) is 32.0 Å². The van der Waals surface area contributed by atoms with Crippen LogP contribution < -0.4 is 5.32 Å². The van der Waals surface area contributed by atoms with Crippen LogP contribution in [0.15, 0.2) is 41.4 Å². The van der Waals surface area contributed by atoms with E-state index in [-0.39, 0.29) is 0 Å². The molecule has 0 atom stereocenters. The minimum atomic E-state index is 0.794. The lowest BCUT2D eigenvalue weighted by atomic mass is 10.2. The number of benzene rings is 1. The Morgan fingerprint density at radius 2 is 2.17 bits per heavy atom. The topological polar surface area (TPSA) is 37.8 Å². The number of rotatable bonds is 5. The summed E-state index contributed by atoms with van der Waals surface area (Å²) in [5.74, 6) is 2.55. The van der Waals surface area contributed by atoms with E-state index in [1.807, 2.05) is 6.07 Å². The predicted molar refractivity (Wildman–Crippen MR) is 76.9 cm³/mol. The third-order valence-electron chi connectivity index (χ3n) is 2.42. The van der Waals surface area contributed by atoms with Crippen molar-refractivity contribution in [3.8, 4) is 0 Å². The molecule has 0 spiro atoms. The van der Waals surface area contributed by atoms with E-state index in [2.05, 4.69) is 53.4 Å². The lowest BCUT2D eigenvalue weighted by molar-refractivity contribution is 1.02. The summed E-state index contributed by atoms with van der Waals surface area (Å²) in [6.07, 6.45) is 1.80. The summed E-state index contributed by atoms with van der Waals surface area (Å²) in [5.41, 5.74) is 1.28. The summed E-state index contributed by atoms with van der Waals surface area (Å²) < 4.78 is 0. The summed E-state index contributed by atoms with van der Waals surface area (Å²) in [6, 6.07) is 10.4. The first-order valence-corrected chi connectivity index (χ1v) is 7.02. The summed E-state index contributed by atoms with van der Waals surface area (Å²) in [7, 11) is 0. The van der Waals surface area contributed by atoms with Gasteiger partial charge in [0.1, 0.15) is 11.6 Å². The van der Waals surface area contributed by atoms with Crippen molar-refractivity contribution in [2.75, 3.05) is 11.9 Å². The van der Waals surface area contributed by atoms with Gasteiger partial charge in [0, 0.05) is 17.6 Å². The summed E-state index contributed by atoms with van der Waals surface area (Å²) in [6.45, 7) is 5.04. The number of aromatic nitrogens is 2. The van der Waals surface area contributed by atoms with Crippen LogP contribution >= 0.6 is 11.8 Å². The van der Waals surface area contributed by atoms with E-state index in [1.54, 1.807) is 18.0 Å². The van der Waals surface area contributed by atoms with Gasteiger partial charge in [-0.2, -0.15) is 0 Å². The number of anilines is 1. The Hall–Kier alpha value is -1.55. The maximum atomic E-state index is 4.46. The largest absolute Gasteiger partial charge is 0.370 e.